The lowest BCUT2D eigenvalue weighted by molar-refractivity contribution is -0.142. The first kappa shape index (κ1) is 16.7. The van der Waals surface area contributed by atoms with Crippen molar-refractivity contribution in [3.63, 3.8) is 0 Å². The van der Waals surface area contributed by atoms with Gasteiger partial charge in [-0.1, -0.05) is 29.3 Å². The average Bonchev–Trinajstić information content (AvgIpc) is 2.38. The van der Waals surface area contributed by atoms with Crippen molar-refractivity contribution in [2.45, 2.75) is 6.10 Å². The van der Waals surface area contributed by atoms with E-state index in [2.05, 4.69) is 4.74 Å². The molecule has 7 heteroatoms. The summed E-state index contributed by atoms with van der Waals surface area (Å²) < 4.78 is 4.54. The molecular formula is C13H14Cl2N2O3. The fourth-order valence-corrected chi connectivity index (χ4v) is 2.18. The van der Waals surface area contributed by atoms with Crippen molar-refractivity contribution in [3.8, 4) is 6.07 Å². The van der Waals surface area contributed by atoms with Gasteiger partial charge in [0.1, 0.15) is 0 Å². The Balaban J connectivity index is 2.77. The molecule has 1 N–H and O–H groups in total. The van der Waals surface area contributed by atoms with E-state index >= 15 is 0 Å². The Morgan fingerprint density at radius 1 is 1.55 bits per heavy atom. The quantitative estimate of drug-likeness (QED) is 0.642. The van der Waals surface area contributed by atoms with Crippen molar-refractivity contribution in [3.05, 3.63) is 33.8 Å². The molecule has 0 aliphatic heterocycles. The molecule has 0 aliphatic carbocycles. The highest BCUT2D eigenvalue weighted by Gasteiger charge is 2.18. The molecule has 1 aromatic rings. The third-order valence-corrected chi connectivity index (χ3v) is 3.19. The molecule has 0 saturated carbocycles. The first-order valence-electron chi connectivity index (χ1n) is 5.77. The van der Waals surface area contributed by atoms with E-state index in [-0.39, 0.29) is 19.6 Å². The smallest absolute Gasteiger partial charge is 0.319 e. The molecule has 1 rings (SSSR count). The predicted molar refractivity (Wildman–Crippen MR) is 75.5 cm³/mol. The summed E-state index contributed by atoms with van der Waals surface area (Å²) in [6.45, 7) is 0.00765. The number of nitriles is 1. The summed E-state index contributed by atoms with van der Waals surface area (Å²) in [6.07, 6.45) is -0.933. The third-order valence-electron chi connectivity index (χ3n) is 2.63. The molecule has 5 nitrogen and oxygen atoms in total. The van der Waals surface area contributed by atoms with Gasteiger partial charge in [-0.15, -0.1) is 0 Å². The number of methoxy groups -OCH3 is 1. The molecule has 0 heterocycles. The standard InChI is InChI=1S/C13H14Cl2N2O3/c1-20-13(19)8-17(5-4-16)7-12(18)10-3-2-9(14)6-11(10)15/h2-3,6,12,18H,5,7-8H2,1H3. The first-order valence-corrected chi connectivity index (χ1v) is 6.52. The Morgan fingerprint density at radius 2 is 2.25 bits per heavy atom. The van der Waals surface area contributed by atoms with E-state index in [0.717, 1.165) is 0 Å². The van der Waals surface area contributed by atoms with Crippen LogP contribution in [0.15, 0.2) is 18.2 Å². The predicted octanol–water partition coefficient (Wildman–Crippen LogP) is 2.03. The number of hydrogen-bond donors (Lipinski definition) is 1. The number of halogens is 2. The van der Waals surface area contributed by atoms with Crippen LogP contribution in [-0.4, -0.2) is 42.7 Å². The summed E-state index contributed by atoms with van der Waals surface area (Å²) in [6, 6.07) is 6.68. The minimum Gasteiger partial charge on any atom is -0.468 e. The highest BCUT2D eigenvalue weighted by atomic mass is 35.5. The fourth-order valence-electron chi connectivity index (χ4n) is 1.65. The number of carbonyl (C=O) groups excluding carboxylic acids is 1. The Morgan fingerprint density at radius 3 is 2.80 bits per heavy atom. The number of rotatable bonds is 6. The number of carbonyl (C=O) groups is 1. The molecule has 1 aromatic carbocycles. The number of aliphatic hydroxyl groups is 1. The number of benzene rings is 1. The maximum Gasteiger partial charge on any atom is 0.319 e. The van der Waals surface area contributed by atoms with Gasteiger partial charge in [0.05, 0.1) is 32.4 Å². The first-order chi connectivity index (χ1) is 9.47. The highest BCUT2D eigenvalue weighted by molar-refractivity contribution is 6.35. The molecule has 1 unspecified atom stereocenters. The van der Waals surface area contributed by atoms with E-state index in [0.29, 0.717) is 15.6 Å². The van der Waals surface area contributed by atoms with Gasteiger partial charge in [0.25, 0.3) is 0 Å². The Bertz CT molecular complexity index is 517. The number of ether oxygens (including phenoxy) is 1. The van der Waals surface area contributed by atoms with Crippen molar-refractivity contribution in [2.75, 3.05) is 26.7 Å². The largest absolute Gasteiger partial charge is 0.468 e. The summed E-state index contributed by atoms with van der Waals surface area (Å²) in [5.74, 6) is -0.477. The molecule has 0 spiro atoms. The van der Waals surface area contributed by atoms with Crippen molar-refractivity contribution >= 4 is 29.2 Å². The van der Waals surface area contributed by atoms with E-state index in [4.69, 9.17) is 28.5 Å². The number of hydrogen-bond acceptors (Lipinski definition) is 5. The lowest BCUT2D eigenvalue weighted by Gasteiger charge is -2.22. The van der Waals surface area contributed by atoms with Crippen LogP contribution in [-0.2, 0) is 9.53 Å². The topological polar surface area (TPSA) is 73.6 Å². The van der Waals surface area contributed by atoms with Gasteiger partial charge in [-0.2, -0.15) is 5.26 Å². The van der Waals surface area contributed by atoms with E-state index in [1.807, 2.05) is 6.07 Å². The van der Waals surface area contributed by atoms with E-state index in [9.17, 15) is 9.90 Å². The van der Waals surface area contributed by atoms with Crippen LogP contribution in [0, 0.1) is 11.3 Å². The van der Waals surface area contributed by atoms with Gasteiger partial charge in [0.15, 0.2) is 0 Å². The maximum absolute atomic E-state index is 11.2. The molecule has 0 saturated heterocycles. The van der Waals surface area contributed by atoms with E-state index < -0.39 is 12.1 Å². The van der Waals surface area contributed by atoms with Gasteiger partial charge in [-0.25, -0.2) is 0 Å². The Kier molecular flexibility index (Phi) is 6.76. The van der Waals surface area contributed by atoms with Crippen LogP contribution < -0.4 is 0 Å². The number of aliphatic hydroxyl groups excluding tert-OH is 1. The number of nitrogens with zero attached hydrogens (tertiary/aromatic N) is 2. The van der Waals surface area contributed by atoms with E-state index in [1.165, 1.54) is 18.1 Å². The van der Waals surface area contributed by atoms with Crippen LogP contribution in [0.4, 0.5) is 0 Å². The third kappa shape index (κ3) is 4.99. The van der Waals surface area contributed by atoms with Crippen LogP contribution in [0.25, 0.3) is 0 Å². The van der Waals surface area contributed by atoms with Gasteiger partial charge in [0.2, 0.25) is 0 Å². The van der Waals surface area contributed by atoms with Gasteiger partial charge in [-0.05, 0) is 12.1 Å². The zero-order valence-electron chi connectivity index (χ0n) is 10.8. The molecule has 1 atom stereocenters. The Hall–Kier alpha value is -1.32. The van der Waals surface area contributed by atoms with Crippen molar-refractivity contribution in [1.29, 1.82) is 5.26 Å². The number of esters is 1. The van der Waals surface area contributed by atoms with E-state index in [1.54, 1.807) is 12.1 Å². The molecule has 0 fully saturated rings. The summed E-state index contributed by atoms with van der Waals surface area (Å²) in [5.41, 5.74) is 0.490. The van der Waals surface area contributed by atoms with Crippen LogP contribution in [0.2, 0.25) is 10.0 Å². The second-order valence-electron chi connectivity index (χ2n) is 4.09. The van der Waals surface area contributed by atoms with Crippen LogP contribution in [0.3, 0.4) is 0 Å². The molecule has 0 bridgehead atoms. The summed E-state index contributed by atoms with van der Waals surface area (Å²) in [4.78, 5) is 12.7. The highest BCUT2D eigenvalue weighted by Crippen LogP contribution is 2.26. The average molecular weight is 317 g/mol. The Labute approximate surface area is 127 Å². The SMILES string of the molecule is COC(=O)CN(CC#N)CC(O)c1ccc(Cl)cc1Cl. The van der Waals surface area contributed by atoms with Gasteiger partial charge in [0, 0.05) is 22.2 Å². The van der Waals surface area contributed by atoms with Gasteiger partial charge in [-0.3, -0.25) is 9.69 Å². The van der Waals surface area contributed by atoms with Gasteiger partial charge >= 0.3 is 5.97 Å². The van der Waals surface area contributed by atoms with Crippen LogP contribution in [0.5, 0.6) is 0 Å². The van der Waals surface area contributed by atoms with Crippen LogP contribution >= 0.6 is 23.2 Å². The second kappa shape index (κ2) is 8.08. The van der Waals surface area contributed by atoms with Crippen molar-refractivity contribution in [1.82, 2.24) is 4.90 Å². The lowest BCUT2D eigenvalue weighted by atomic mass is 10.1. The van der Waals surface area contributed by atoms with Gasteiger partial charge < -0.3 is 9.84 Å². The summed E-state index contributed by atoms with van der Waals surface area (Å²) >= 11 is 11.8. The van der Waals surface area contributed by atoms with Crippen molar-refractivity contribution in [2.24, 2.45) is 0 Å². The zero-order chi connectivity index (χ0) is 15.1. The molecule has 20 heavy (non-hydrogen) atoms. The monoisotopic (exact) mass is 316 g/mol. The molecule has 0 aromatic heterocycles. The minimum absolute atomic E-state index is 0.00261. The molecule has 108 valence electrons. The zero-order valence-corrected chi connectivity index (χ0v) is 12.4. The second-order valence-corrected chi connectivity index (χ2v) is 4.93. The molecule has 0 aliphatic rings. The summed E-state index contributed by atoms with van der Waals surface area (Å²) in [7, 11) is 1.26. The normalized spacial score (nSPS) is 12.0. The fraction of sp³-hybridized carbons (Fsp3) is 0.385. The summed E-state index contributed by atoms with van der Waals surface area (Å²) in [5, 5.41) is 19.7. The molecule has 0 radical (unpaired) electrons. The van der Waals surface area contributed by atoms with Crippen molar-refractivity contribution < 1.29 is 14.6 Å². The lowest BCUT2D eigenvalue weighted by Crippen LogP contribution is -2.34. The maximum atomic E-state index is 11.2. The van der Waals surface area contributed by atoms with Crippen LogP contribution in [0.1, 0.15) is 11.7 Å². The minimum atomic E-state index is -0.933. The molecular weight excluding hydrogens is 303 g/mol. The molecule has 0 amide bonds.